The molecule has 2 aliphatic rings. The van der Waals surface area contributed by atoms with E-state index in [1.54, 1.807) is 50.5 Å². The van der Waals surface area contributed by atoms with E-state index in [-0.39, 0.29) is 38.2 Å². The Labute approximate surface area is 180 Å². The van der Waals surface area contributed by atoms with Gasteiger partial charge in [0, 0.05) is 38.7 Å². The Balaban J connectivity index is 1.76. The second-order valence-corrected chi connectivity index (χ2v) is 7.35. The van der Waals surface area contributed by atoms with E-state index < -0.39 is 24.3 Å². The maximum absolute atomic E-state index is 12.9. The SMILES string of the molecule is CN(C)C(=O)C=Cc1ccccc1C(=O)OC1CC(C(=O)NCCO)=CC2OCOC21. The zero-order valence-electron chi connectivity index (χ0n) is 17.4. The van der Waals surface area contributed by atoms with Gasteiger partial charge in [0.2, 0.25) is 11.8 Å². The van der Waals surface area contributed by atoms with Gasteiger partial charge in [-0.3, -0.25) is 9.59 Å². The number of aliphatic hydroxyl groups is 1. The summed E-state index contributed by atoms with van der Waals surface area (Å²) in [6, 6.07) is 6.78. The summed E-state index contributed by atoms with van der Waals surface area (Å²) in [6.45, 7) is -0.0153. The molecule has 1 saturated heterocycles. The van der Waals surface area contributed by atoms with Crippen LogP contribution in [0, 0.1) is 0 Å². The molecule has 2 amide bonds. The smallest absolute Gasteiger partial charge is 0.339 e. The standard InChI is InChI=1S/C22H26N2O7/c1-24(2)19(26)8-7-14-5-3-4-6-16(14)22(28)31-18-12-15(21(27)23-9-10-25)11-17-20(18)30-13-29-17/h3-8,11,17-18,20,25H,9-10,12-13H2,1-2H3,(H,23,27). The summed E-state index contributed by atoms with van der Waals surface area (Å²) in [7, 11) is 3.27. The zero-order chi connectivity index (χ0) is 22.4. The first-order valence-corrected chi connectivity index (χ1v) is 9.93. The Bertz CT molecular complexity index is 894. The molecule has 9 nitrogen and oxygen atoms in total. The molecule has 1 heterocycles. The average Bonchev–Trinajstić information content (AvgIpc) is 3.24. The Kier molecular flexibility index (Phi) is 7.56. The van der Waals surface area contributed by atoms with Crippen molar-refractivity contribution >= 4 is 23.9 Å². The van der Waals surface area contributed by atoms with Gasteiger partial charge in [0.05, 0.1) is 12.2 Å². The molecule has 1 aliphatic heterocycles. The van der Waals surface area contributed by atoms with Crippen LogP contribution in [-0.2, 0) is 23.8 Å². The van der Waals surface area contributed by atoms with Gasteiger partial charge in [0.1, 0.15) is 25.1 Å². The van der Waals surface area contributed by atoms with E-state index in [4.69, 9.17) is 19.3 Å². The van der Waals surface area contributed by atoms with E-state index >= 15 is 0 Å². The summed E-state index contributed by atoms with van der Waals surface area (Å²) in [6.07, 6.45) is 3.02. The molecular weight excluding hydrogens is 404 g/mol. The lowest BCUT2D eigenvalue weighted by Gasteiger charge is -2.30. The monoisotopic (exact) mass is 430 g/mol. The van der Waals surface area contributed by atoms with Crippen molar-refractivity contribution in [2.75, 3.05) is 34.0 Å². The number of ether oxygens (including phenoxy) is 3. The van der Waals surface area contributed by atoms with Gasteiger partial charge in [0.25, 0.3) is 0 Å². The molecule has 1 aromatic rings. The molecule has 0 bridgehead atoms. The number of aliphatic hydroxyl groups excluding tert-OH is 1. The first-order valence-electron chi connectivity index (χ1n) is 9.93. The molecular formula is C22H26N2O7. The number of esters is 1. The summed E-state index contributed by atoms with van der Waals surface area (Å²) in [5.41, 5.74) is 1.24. The Morgan fingerprint density at radius 1 is 1.26 bits per heavy atom. The third-order valence-corrected chi connectivity index (χ3v) is 4.97. The number of nitrogens with zero attached hydrogens (tertiary/aromatic N) is 1. The minimum atomic E-state index is -0.722. The maximum atomic E-state index is 12.9. The first-order chi connectivity index (χ1) is 14.9. The minimum absolute atomic E-state index is 0.0391. The molecule has 3 unspecified atom stereocenters. The first kappa shape index (κ1) is 22.7. The third-order valence-electron chi connectivity index (χ3n) is 4.97. The summed E-state index contributed by atoms with van der Waals surface area (Å²) in [5.74, 6) is -1.15. The van der Waals surface area contributed by atoms with Crippen LogP contribution in [0.4, 0.5) is 0 Å². The van der Waals surface area contributed by atoms with Crippen LogP contribution in [0.15, 0.2) is 42.0 Å². The van der Waals surface area contributed by atoms with Crippen molar-refractivity contribution in [1.29, 1.82) is 0 Å². The fourth-order valence-electron chi connectivity index (χ4n) is 3.35. The fourth-order valence-corrected chi connectivity index (χ4v) is 3.35. The molecule has 1 fully saturated rings. The van der Waals surface area contributed by atoms with Crippen LogP contribution in [0.2, 0.25) is 0 Å². The molecule has 0 saturated carbocycles. The lowest BCUT2D eigenvalue weighted by Crippen LogP contribution is -2.43. The minimum Gasteiger partial charge on any atom is -0.456 e. The average molecular weight is 430 g/mol. The number of fused-ring (bicyclic) bond motifs is 1. The van der Waals surface area contributed by atoms with Gasteiger partial charge in [-0.05, 0) is 23.8 Å². The number of hydrogen-bond donors (Lipinski definition) is 2. The Hall–Kier alpha value is -3.01. The van der Waals surface area contributed by atoms with Crippen molar-refractivity contribution in [2.45, 2.75) is 24.7 Å². The molecule has 1 aromatic carbocycles. The van der Waals surface area contributed by atoms with Gasteiger partial charge in [-0.2, -0.15) is 0 Å². The molecule has 9 heteroatoms. The van der Waals surface area contributed by atoms with Crippen LogP contribution in [0.3, 0.4) is 0 Å². The molecule has 2 N–H and O–H groups in total. The lowest BCUT2D eigenvalue weighted by molar-refractivity contribution is -0.123. The number of likely N-dealkylation sites (N-methyl/N-ethyl adjacent to an activating group) is 1. The molecule has 1 aliphatic carbocycles. The maximum Gasteiger partial charge on any atom is 0.339 e. The van der Waals surface area contributed by atoms with E-state index in [1.807, 2.05) is 0 Å². The van der Waals surface area contributed by atoms with Crippen LogP contribution in [0.5, 0.6) is 0 Å². The van der Waals surface area contributed by atoms with Crippen LogP contribution < -0.4 is 5.32 Å². The number of carbonyl (C=O) groups excluding carboxylic acids is 3. The highest BCUT2D eigenvalue weighted by atomic mass is 16.7. The number of hydrogen-bond acceptors (Lipinski definition) is 7. The van der Waals surface area contributed by atoms with E-state index in [0.29, 0.717) is 16.7 Å². The van der Waals surface area contributed by atoms with Crippen LogP contribution in [-0.4, -0.2) is 80.1 Å². The van der Waals surface area contributed by atoms with Gasteiger partial charge in [0.15, 0.2) is 0 Å². The van der Waals surface area contributed by atoms with Crippen molar-refractivity contribution in [3.8, 4) is 0 Å². The highest BCUT2D eigenvalue weighted by Gasteiger charge is 2.42. The lowest BCUT2D eigenvalue weighted by atomic mass is 9.91. The third kappa shape index (κ3) is 5.57. The highest BCUT2D eigenvalue weighted by molar-refractivity contribution is 5.97. The molecule has 0 spiro atoms. The topological polar surface area (TPSA) is 114 Å². The molecule has 31 heavy (non-hydrogen) atoms. The zero-order valence-corrected chi connectivity index (χ0v) is 17.4. The van der Waals surface area contributed by atoms with Crippen molar-refractivity contribution in [3.63, 3.8) is 0 Å². The normalized spacial score (nSPS) is 22.5. The number of benzene rings is 1. The molecule has 3 atom stereocenters. The largest absolute Gasteiger partial charge is 0.456 e. The van der Waals surface area contributed by atoms with E-state index in [9.17, 15) is 14.4 Å². The summed E-state index contributed by atoms with van der Waals surface area (Å²) in [5, 5.41) is 11.5. The van der Waals surface area contributed by atoms with E-state index in [1.165, 1.54) is 11.0 Å². The molecule has 3 rings (SSSR count). The number of carbonyl (C=O) groups is 3. The quantitative estimate of drug-likeness (QED) is 0.478. The van der Waals surface area contributed by atoms with E-state index in [2.05, 4.69) is 5.32 Å². The number of amides is 2. The highest BCUT2D eigenvalue weighted by Crippen LogP contribution is 2.31. The Morgan fingerprint density at radius 3 is 2.77 bits per heavy atom. The second-order valence-electron chi connectivity index (χ2n) is 7.35. The molecule has 0 aromatic heterocycles. The van der Waals surface area contributed by atoms with Gasteiger partial charge in [-0.1, -0.05) is 18.2 Å². The van der Waals surface area contributed by atoms with E-state index in [0.717, 1.165) is 0 Å². The van der Waals surface area contributed by atoms with Gasteiger partial charge < -0.3 is 29.5 Å². The van der Waals surface area contributed by atoms with Crippen molar-refractivity contribution < 1.29 is 33.7 Å². The Morgan fingerprint density at radius 2 is 2.03 bits per heavy atom. The summed E-state index contributed by atoms with van der Waals surface area (Å²) < 4.78 is 16.8. The summed E-state index contributed by atoms with van der Waals surface area (Å²) >= 11 is 0. The molecule has 0 radical (unpaired) electrons. The predicted molar refractivity (Wildman–Crippen MR) is 111 cm³/mol. The van der Waals surface area contributed by atoms with Crippen molar-refractivity contribution in [1.82, 2.24) is 10.2 Å². The number of rotatable bonds is 7. The van der Waals surface area contributed by atoms with Crippen molar-refractivity contribution in [3.05, 3.63) is 53.1 Å². The summed E-state index contributed by atoms with van der Waals surface area (Å²) in [4.78, 5) is 38.6. The van der Waals surface area contributed by atoms with Crippen LogP contribution in [0.25, 0.3) is 6.08 Å². The van der Waals surface area contributed by atoms with Crippen molar-refractivity contribution in [2.24, 2.45) is 0 Å². The fraction of sp³-hybridized carbons (Fsp3) is 0.409. The van der Waals surface area contributed by atoms with Gasteiger partial charge >= 0.3 is 5.97 Å². The molecule has 166 valence electrons. The van der Waals surface area contributed by atoms with Gasteiger partial charge in [-0.15, -0.1) is 0 Å². The second kappa shape index (κ2) is 10.3. The number of nitrogens with one attached hydrogen (secondary N) is 1. The van der Waals surface area contributed by atoms with Crippen LogP contribution >= 0.6 is 0 Å². The van der Waals surface area contributed by atoms with Crippen LogP contribution in [0.1, 0.15) is 22.3 Å². The predicted octanol–water partition coefficient (Wildman–Crippen LogP) is 0.494. The van der Waals surface area contributed by atoms with Gasteiger partial charge in [-0.25, -0.2) is 4.79 Å².